The van der Waals surface area contributed by atoms with E-state index in [1.165, 1.54) is 16.7 Å². The number of hydrogen-bond acceptors (Lipinski definition) is 8. The molecule has 0 N–H and O–H groups in total. The fourth-order valence-electron chi connectivity index (χ4n) is 4.93. The predicted octanol–water partition coefficient (Wildman–Crippen LogP) is 13.6. The SMILES string of the molecule is CCCCC(CC)COC(=O)c1cc(S)cc(C(=O)OCC(CC)CCCC)c1.Cc1ccc(S)cc1.Cc1cccc(S)c1.Cc1ccccc1S. The Labute approximate surface area is 342 Å². The van der Waals surface area contributed by atoms with Crippen LogP contribution in [0.25, 0.3) is 0 Å². The average Bonchev–Trinajstić information content (AvgIpc) is 3.14. The van der Waals surface area contributed by atoms with Gasteiger partial charge in [0.1, 0.15) is 0 Å². The van der Waals surface area contributed by atoms with Gasteiger partial charge in [0.2, 0.25) is 0 Å². The molecule has 4 aromatic carbocycles. The summed E-state index contributed by atoms with van der Waals surface area (Å²) >= 11 is 16.8. The minimum absolute atomic E-state index is 0.341. The Morgan fingerprint density at radius 2 is 1.06 bits per heavy atom. The van der Waals surface area contributed by atoms with Crippen molar-refractivity contribution >= 4 is 62.5 Å². The highest BCUT2D eigenvalue weighted by atomic mass is 32.1. The Morgan fingerprint density at radius 1 is 0.547 bits per heavy atom. The molecule has 2 unspecified atom stereocenters. The normalized spacial score (nSPS) is 11.3. The second-order valence-electron chi connectivity index (χ2n) is 13.3. The van der Waals surface area contributed by atoms with Crippen LogP contribution in [0.15, 0.2) is 111 Å². The zero-order chi connectivity index (χ0) is 39.6. The summed E-state index contributed by atoms with van der Waals surface area (Å²) in [5, 5.41) is 0. The highest BCUT2D eigenvalue weighted by Gasteiger charge is 2.17. The molecule has 4 aromatic rings. The Kier molecular flexibility index (Phi) is 26.1. The summed E-state index contributed by atoms with van der Waals surface area (Å²) in [4.78, 5) is 28.6. The van der Waals surface area contributed by atoms with Crippen LogP contribution in [-0.4, -0.2) is 25.2 Å². The molecule has 53 heavy (non-hydrogen) atoms. The van der Waals surface area contributed by atoms with E-state index in [1.54, 1.807) is 18.2 Å². The summed E-state index contributed by atoms with van der Waals surface area (Å²) < 4.78 is 11.0. The van der Waals surface area contributed by atoms with Crippen molar-refractivity contribution in [3.63, 3.8) is 0 Å². The molecule has 0 bridgehead atoms. The van der Waals surface area contributed by atoms with Crippen LogP contribution in [0, 0.1) is 32.6 Å². The summed E-state index contributed by atoms with van der Waals surface area (Å²) in [5.41, 5.74) is 4.46. The van der Waals surface area contributed by atoms with E-state index in [2.05, 4.69) is 98.1 Å². The molecule has 0 radical (unpaired) electrons. The van der Waals surface area contributed by atoms with Crippen LogP contribution < -0.4 is 0 Å². The highest BCUT2D eigenvalue weighted by Crippen LogP contribution is 2.20. The average molecular weight is 795 g/mol. The topological polar surface area (TPSA) is 52.6 Å². The van der Waals surface area contributed by atoms with Crippen molar-refractivity contribution in [2.45, 2.75) is 119 Å². The number of thiol groups is 4. The van der Waals surface area contributed by atoms with Crippen molar-refractivity contribution in [1.29, 1.82) is 0 Å². The molecule has 0 aliphatic carbocycles. The van der Waals surface area contributed by atoms with Crippen molar-refractivity contribution in [2.24, 2.45) is 11.8 Å². The molecule has 0 saturated carbocycles. The minimum Gasteiger partial charge on any atom is -0.462 e. The van der Waals surface area contributed by atoms with E-state index in [1.807, 2.05) is 73.7 Å². The van der Waals surface area contributed by atoms with Crippen LogP contribution in [0.3, 0.4) is 0 Å². The molecular formula is C45H62O4S4. The van der Waals surface area contributed by atoms with Crippen LogP contribution in [0.4, 0.5) is 0 Å². The van der Waals surface area contributed by atoms with Crippen LogP contribution in [0.2, 0.25) is 0 Å². The number of benzene rings is 4. The van der Waals surface area contributed by atoms with E-state index in [0.717, 1.165) is 66.1 Å². The van der Waals surface area contributed by atoms with Gasteiger partial charge < -0.3 is 9.47 Å². The molecule has 290 valence electrons. The van der Waals surface area contributed by atoms with Crippen molar-refractivity contribution < 1.29 is 19.1 Å². The van der Waals surface area contributed by atoms with Crippen LogP contribution in [-0.2, 0) is 9.47 Å². The van der Waals surface area contributed by atoms with E-state index in [0.29, 0.717) is 41.1 Å². The second-order valence-corrected chi connectivity index (χ2v) is 15.3. The first-order valence-electron chi connectivity index (χ1n) is 18.8. The Bertz CT molecular complexity index is 1500. The lowest BCUT2D eigenvalue weighted by Gasteiger charge is -2.16. The molecule has 0 aliphatic rings. The number of carbonyl (C=O) groups excluding carboxylic acids is 2. The minimum atomic E-state index is -0.417. The van der Waals surface area contributed by atoms with E-state index in [4.69, 9.17) is 9.47 Å². The number of esters is 2. The van der Waals surface area contributed by atoms with Gasteiger partial charge in [-0.2, -0.15) is 0 Å². The smallest absolute Gasteiger partial charge is 0.338 e. The molecule has 0 aromatic heterocycles. The molecule has 0 amide bonds. The standard InChI is InChI=1S/C24H38O4S.3C7H8S/c1-5-9-11-18(7-3)16-27-23(25)20-13-21(15-22(29)14-20)24(26)28-17-19(8-4)12-10-6-2;1-6-2-4-7(8)5-3-6;1-6-3-2-4-7(8)5-6;1-6-4-2-3-5-7(6)8/h13-15,18-19,29H,5-12,16-17H2,1-4H3;3*2-5,8H,1H3. The van der Waals surface area contributed by atoms with E-state index in [9.17, 15) is 9.59 Å². The van der Waals surface area contributed by atoms with E-state index >= 15 is 0 Å². The third-order valence-corrected chi connectivity index (χ3v) is 9.86. The summed E-state index contributed by atoms with van der Waals surface area (Å²) in [6, 6.07) is 28.9. The summed E-state index contributed by atoms with van der Waals surface area (Å²) in [5.74, 6) is -0.0909. The van der Waals surface area contributed by atoms with Crippen LogP contribution in [0.1, 0.15) is 116 Å². The number of unbranched alkanes of at least 4 members (excludes halogenated alkanes) is 2. The van der Waals surface area contributed by atoms with Crippen LogP contribution >= 0.6 is 50.5 Å². The maximum Gasteiger partial charge on any atom is 0.338 e. The van der Waals surface area contributed by atoms with Gasteiger partial charge in [0.05, 0.1) is 24.3 Å². The van der Waals surface area contributed by atoms with Gasteiger partial charge in [-0.05, 0) is 99.5 Å². The maximum absolute atomic E-state index is 12.5. The lowest BCUT2D eigenvalue weighted by atomic mass is 10.0. The molecule has 0 heterocycles. The second kappa shape index (κ2) is 28.6. The Balaban J connectivity index is 0.000000462. The lowest BCUT2D eigenvalue weighted by Crippen LogP contribution is -2.16. The fraction of sp³-hybridized carbons (Fsp3) is 0.422. The molecule has 0 spiro atoms. The number of hydrogen-bond donors (Lipinski definition) is 4. The van der Waals surface area contributed by atoms with Crippen molar-refractivity contribution in [1.82, 2.24) is 0 Å². The quantitative estimate of drug-likeness (QED) is 0.0759. The molecule has 4 nitrogen and oxygen atoms in total. The Morgan fingerprint density at radius 3 is 1.42 bits per heavy atom. The van der Waals surface area contributed by atoms with Gasteiger partial charge in [-0.1, -0.05) is 120 Å². The monoisotopic (exact) mass is 794 g/mol. The first-order chi connectivity index (χ1) is 25.3. The number of aryl methyl sites for hydroxylation is 3. The third-order valence-electron chi connectivity index (χ3n) is 8.53. The van der Waals surface area contributed by atoms with Crippen molar-refractivity contribution in [2.75, 3.05) is 13.2 Å². The first-order valence-corrected chi connectivity index (χ1v) is 20.6. The largest absolute Gasteiger partial charge is 0.462 e. The summed E-state index contributed by atoms with van der Waals surface area (Å²) in [7, 11) is 0. The fourth-order valence-corrected chi connectivity index (χ4v) is 5.81. The molecular weight excluding hydrogens is 733 g/mol. The summed E-state index contributed by atoms with van der Waals surface area (Å²) in [6.07, 6.45) is 8.61. The van der Waals surface area contributed by atoms with Gasteiger partial charge in [0, 0.05) is 19.6 Å². The van der Waals surface area contributed by atoms with Gasteiger partial charge in [-0.3, -0.25) is 0 Å². The number of rotatable bonds is 14. The number of ether oxygens (including phenoxy) is 2. The van der Waals surface area contributed by atoms with Crippen molar-refractivity contribution in [3.05, 3.63) is 119 Å². The molecule has 2 atom stereocenters. The highest BCUT2D eigenvalue weighted by molar-refractivity contribution is 7.80. The third kappa shape index (κ3) is 22.3. The Hall–Kier alpha value is -2.78. The van der Waals surface area contributed by atoms with Gasteiger partial charge >= 0.3 is 11.9 Å². The lowest BCUT2D eigenvalue weighted by molar-refractivity contribution is 0.0425. The molecule has 0 aliphatic heterocycles. The zero-order valence-electron chi connectivity index (χ0n) is 32.8. The molecule has 8 heteroatoms. The summed E-state index contributed by atoms with van der Waals surface area (Å²) in [6.45, 7) is 15.5. The van der Waals surface area contributed by atoms with Crippen molar-refractivity contribution in [3.8, 4) is 0 Å². The predicted molar refractivity (Wildman–Crippen MR) is 236 cm³/mol. The van der Waals surface area contributed by atoms with Gasteiger partial charge in [0.25, 0.3) is 0 Å². The molecule has 4 rings (SSSR count). The first kappa shape index (κ1) is 48.2. The number of carbonyl (C=O) groups is 2. The van der Waals surface area contributed by atoms with Gasteiger partial charge in [-0.25, -0.2) is 9.59 Å². The van der Waals surface area contributed by atoms with Crippen LogP contribution in [0.5, 0.6) is 0 Å². The van der Waals surface area contributed by atoms with Gasteiger partial charge in [0.15, 0.2) is 0 Å². The van der Waals surface area contributed by atoms with Gasteiger partial charge in [-0.15, -0.1) is 50.5 Å². The van der Waals surface area contributed by atoms with E-state index < -0.39 is 11.9 Å². The van der Waals surface area contributed by atoms with E-state index in [-0.39, 0.29) is 0 Å². The zero-order valence-corrected chi connectivity index (χ0v) is 36.4. The molecule has 0 fully saturated rings. The maximum atomic E-state index is 12.5. The molecule has 0 saturated heterocycles.